The van der Waals surface area contributed by atoms with Gasteiger partial charge in [-0.3, -0.25) is 14.5 Å². The summed E-state index contributed by atoms with van der Waals surface area (Å²) >= 11 is 0. The number of imide groups is 1. The van der Waals surface area contributed by atoms with E-state index in [1.807, 2.05) is 29.2 Å². The Bertz CT molecular complexity index is 987. The molecule has 0 bridgehead atoms. The van der Waals surface area contributed by atoms with Crippen LogP contribution in [0.3, 0.4) is 0 Å². The molecule has 2 aromatic carbocycles. The largest absolute Gasteiger partial charge is 0.497 e. The van der Waals surface area contributed by atoms with Crippen LogP contribution < -0.4 is 14.5 Å². The zero-order chi connectivity index (χ0) is 22.2. The maximum atomic E-state index is 13.0. The van der Waals surface area contributed by atoms with Crippen molar-refractivity contribution in [3.63, 3.8) is 0 Å². The van der Waals surface area contributed by atoms with E-state index in [0.717, 1.165) is 28.5 Å². The van der Waals surface area contributed by atoms with Crippen LogP contribution in [-0.2, 0) is 15.8 Å². The molecule has 1 atom stereocenters. The predicted octanol–water partition coefficient (Wildman–Crippen LogP) is 3.17. The lowest BCUT2D eigenvalue weighted by molar-refractivity contribution is -0.137. The fraction of sp³-hybridized carbons (Fsp3) is 0.364. The molecule has 0 aromatic heterocycles. The van der Waals surface area contributed by atoms with E-state index in [2.05, 4.69) is 4.90 Å². The third-order valence-electron chi connectivity index (χ3n) is 5.73. The molecule has 2 heterocycles. The third kappa shape index (κ3) is 4.23. The van der Waals surface area contributed by atoms with Crippen molar-refractivity contribution in [3.05, 3.63) is 54.1 Å². The Hall–Kier alpha value is -3.07. The highest BCUT2D eigenvalue weighted by Crippen LogP contribution is 2.34. The Morgan fingerprint density at radius 3 is 2.29 bits per heavy atom. The number of hydrogen-bond donors (Lipinski definition) is 0. The number of halogens is 3. The second kappa shape index (κ2) is 8.22. The zero-order valence-corrected chi connectivity index (χ0v) is 16.9. The SMILES string of the molecule is COc1cccc(N2CCN([C@@H]3CC(=O)N(c4cccc(C(F)(F)F)c4)C3=O)CC2)c1. The van der Waals surface area contributed by atoms with Crippen molar-refractivity contribution in [1.29, 1.82) is 0 Å². The van der Waals surface area contributed by atoms with Crippen LogP contribution in [0, 0.1) is 0 Å². The summed E-state index contributed by atoms with van der Waals surface area (Å²) in [7, 11) is 1.61. The van der Waals surface area contributed by atoms with Crippen molar-refractivity contribution in [2.24, 2.45) is 0 Å². The van der Waals surface area contributed by atoms with Gasteiger partial charge < -0.3 is 9.64 Å². The van der Waals surface area contributed by atoms with E-state index < -0.39 is 29.6 Å². The van der Waals surface area contributed by atoms with Gasteiger partial charge in [0.1, 0.15) is 5.75 Å². The van der Waals surface area contributed by atoms with Gasteiger partial charge in [-0.25, -0.2) is 4.90 Å². The van der Waals surface area contributed by atoms with Crippen LogP contribution >= 0.6 is 0 Å². The number of anilines is 2. The first kappa shape index (κ1) is 21.2. The number of hydrogen-bond acceptors (Lipinski definition) is 5. The molecule has 2 fully saturated rings. The molecular weight excluding hydrogens is 411 g/mol. The van der Waals surface area contributed by atoms with Crippen molar-refractivity contribution in [2.75, 3.05) is 43.1 Å². The van der Waals surface area contributed by atoms with Gasteiger partial charge in [-0.05, 0) is 30.3 Å². The molecule has 9 heteroatoms. The average Bonchev–Trinajstić information content (AvgIpc) is 3.07. The summed E-state index contributed by atoms with van der Waals surface area (Å²) in [4.78, 5) is 30.5. The topological polar surface area (TPSA) is 53.1 Å². The van der Waals surface area contributed by atoms with Gasteiger partial charge >= 0.3 is 6.18 Å². The second-order valence-electron chi connectivity index (χ2n) is 7.56. The third-order valence-corrected chi connectivity index (χ3v) is 5.73. The molecule has 6 nitrogen and oxygen atoms in total. The van der Waals surface area contributed by atoms with Crippen molar-refractivity contribution >= 4 is 23.2 Å². The Labute approximate surface area is 177 Å². The van der Waals surface area contributed by atoms with Gasteiger partial charge in [0.15, 0.2) is 0 Å². The molecule has 4 rings (SSSR count). The fourth-order valence-electron chi connectivity index (χ4n) is 4.09. The molecule has 2 aliphatic heterocycles. The molecule has 0 unspecified atom stereocenters. The number of ether oxygens (including phenoxy) is 1. The molecule has 0 spiro atoms. The van der Waals surface area contributed by atoms with Gasteiger partial charge in [0.2, 0.25) is 5.91 Å². The van der Waals surface area contributed by atoms with Crippen LogP contribution in [0.2, 0.25) is 0 Å². The summed E-state index contributed by atoms with van der Waals surface area (Å²) in [6.45, 7) is 2.46. The molecule has 2 amide bonds. The van der Waals surface area contributed by atoms with E-state index in [1.54, 1.807) is 7.11 Å². The number of methoxy groups -OCH3 is 1. The number of nitrogens with zero attached hydrogens (tertiary/aromatic N) is 3. The average molecular weight is 433 g/mol. The highest BCUT2D eigenvalue weighted by Gasteiger charge is 2.44. The van der Waals surface area contributed by atoms with Crippen LogP contribution in [0.15, 0.2) is 48.5 Å². The van der Waals surface area contributed by atoms with E-state index in [4.69, 9.17) is 4.74 Å². The van der Waals surface area contributed by atoms with Gasteiger partial charge in [0.05, 0.1) is 30.8 Å². The van der Waals surface area contributed by atoms with Crippen molar-refractivity contribution in [1.82, 2.24) is 4.90 Å². The normalized spacial score (nSPS) is 20.5. The smallest absolute Gasteiger partial charge is 0.416 e. The monoisotopic (exact) mass is 433 g/mol. The van der Waals surface area contributed by atoms with Crippen LogP contribution in [0.5, 0.6) is 5.75 Å². The van der Waals surface area contributed by atoms with E-state index in [1.165, 1.54) is 12.1 Å². The van der Waals surface area contributed by atoms with Crippen molar-refractivity contribution < 1.29 is 27.5 Å². The molecule has 0 N–H and O–H groups in total. The maximum absolute atomic E-state index is 13.0. The molecule has 0 aliphatic carbocycles. The lowest BCUT2D eigenvalue weighted by atomic mass is 10.1. The minimum absolute atomic E-state index is 0.0335. The fourth-order valence-corrected chi connectivity index (χ4v) is 4.09. The summed E-state index contributed by atoms with van der Waals surface area (Å²) in [5.74, 6) is -0.197. The van der Waals surface area contributed by atoms with Crippen LogP contribution in [0.25, 0.3) is 0 Å². The van der Waals surface area contributed by atoms with E-state index in [0.29, 0.717) is 26.2 Å². The number of rotatable bonds is 4. The number of carbonyl (C=O) groups excluding carboxylic acids is 2. The van der Waals surface area contributed by atoms with Gasteiger partial charge in [0.25, 0.3) is 5.91 Å². The first-order valence-electron chi connectivity index (χ1n) is 9.95. The highest BCUT2D eigenvalue weighted by atomic mass is 19.4. The molecule has 2 aliphatic rings. The minimum Gasteiger partial charge on any atom is -0.497 e. The van der Waals surface area contributed by atoms with Crippen LogP contribution in [0.4, 0.5) is 24.5 Å². The number of amides is 2. The molecular formula is C22H22F3N3O3. The summed E-state index contributed by atoms with van der Waals surface area (Å²) < 4.78 is 44.4. The molecule has 2 aromatic rings. The van der Waals surface area contributed by atoms with Gasteiger partial charge in [-0.15, -0.1) is 0 Å². The molecule has 31 heavy (non-hydrogen) atoms. The van der Waals surface area contributed by atoms with E-state index in [-0.39, 0.29) is 12.1 Å². The minimum atomic E-state index is -4.54. The summed E-state index contributed by atoms with van der Waals surface area (Å²) in [6, 6.07) is 11.4. The van der Waals surface area contributed by atoms with Gasteiger partial charge in [0, 0.05) is 37.9 Å². The summed E-state index contributed by atoms with van der Waals surface area (Å²) in [6.07, 6.45) is -4.58. The van der Waals surface area contributed by atoms with Crippen LogP contribution in [-0.4, -0.2) is 56.0 Å². The van der Waals surface area contributed by atoms with Crippen molar-refractivity contribution in [3.8, 4) is 5.75 Å². The number of alkyl halides is 3. The number of benzene rings is 2. The molecule has 0 radical (unpaired) electrons. The summed E-state index contributed by atoms with van der Waals surface area (Å²) in [5, 5.41) is 0. The van der Waals surface area contributed by atoms with Crippen LogP contribution in [0.1, 0.15) is 12.0 Å². The molecule has 2 saturated heterocycles. The van der Waals surface area contributed by atoms with E-state index in [9.17, 15) is 22.8 Å². The Balaban J connectivity index is 1.45. The standard InChI is InChI=1S/C22H22F3N3O3/c1-31-18-7-3-5-16(13-18)26-8-10-27(11-9-26)19-14-20(29)28(21(19)30)17-6-2-4-15(12-17)22(23,24)25/h2-7,12-13,19H,8-11,14H2,1H3/t19-/m1/s1. The number of carbonyl (C=O) groups is 2. The first-order valence-corrected chi connectivity index (χ1v) is 9.95. The summed E-state index contributed by atoms with van der Waals surface area (Å²) in [5.41, 5.74) is 0.0849. The maximum Gasteiger partial charge on any atom is 0.416 e. The lowest BCUT2D eigenvalue weighted by Crippen LogP contribution is -2.52. The zero-order valence-electron chi connectivity index (χ0n) is 16.9. The second-order valence-corrected chi connectivity index (χ2v) is 7.56. The first-order chi connectivity index (χ1) is 14.8. The van der Waals surface area contributed by atoms with Crippen molar-refractivity contribution in [2.45, 2.75) is 18.6 Å². The predicted molar refractivity (Wildman–Crippen MR) is 109 cm³/mol. The Kier molecular flexibility index (Phi) is 5.62. The molecule has 0 saturated carbocycles. The van der Waals surface area contributed by atoms with Gasteiger partial charge in [-0.1, -0.05) is 12.1 Å². The number of piperazine rings is 1. The Morgan fingerprint density at radius 1 is 0.935 bits per heavy atom. The quantitative estimate of drug-likeness (QED) is 0.694. The van der Waals surface area contributed by atoms with Gasteiger partial charge in [-0.2, -0.15) is 13.2 Å². The molecule has 164 valence electrons. The lowest BCUT2D eigenvalue weighted by Gasteiger charge is -2.38. The van der Waals surface area contributed by atoms with E-state index >= 15 is 0 Å². The Morgan fingerprint density at radius 2 is 1.61 bits per heavy atom. The highest BCUT2D eigenvalue weighted by molar-refractivity contribution is 6.22.